The van der Waals surface area contributed by atoms with E-state index in [0.717, 1.165) is 4.90 Å². The van der Waals surface area contributed by atoms with Crippen molar-refractivity contribution in [3.8, 4) is 0 Å². The van der Waals surface area contributed by atoms with Crippen molar-refractivity contribution in [1.29, 1.82) is 0 Å². The summed E-state index contributed by atoms with van der Waals surface area (Å²) >= 11 is 7.29. The molecule has 9 nitrogen and oxygen atoms in total. The van der Waals surface area contributed by atoms with E-state index >= 15 is 0 Å². The second-order valence-electron chi connectivity index (χ2n) is 7.38. The molecule has 1 aromatic carbocycles. The van der Waals surface area contributed by atoms with Gasteiger partial charge in [-0.05, 0) is 32.0 Å². The van der Waals surface area contributed by atoms with E-state index in [4.69, 9.17) is 16.1 Å². The third-order valence-corrected chi connectivity index (χ3v) is 8.93. The Morgan fingerprint density at radius 2 is 2.00 bits per heavy atom. The maximum Gasteiger partial charge on any atom is 0.248 e. The number of halogens is 1. The van der Waals surface area contributed by atoms with Crippen LogP contribution in [0.1, 0.15) is 17.9 Å². The number of nitrogens with zero attached hydrogens (tertiary/aromatic N) is 3. The van der Waals surface area contributed by atoms with Crippen molar-refractivity contribution in [3.63, 3.8) is 0 Å². The highest BCUT2D eigenvalue weighted by Crippen LogP contribution is 2.38. The molecule has 0 saturated carbocycles. The van der Waals surface area contributed by atoms with Crippen LogP contribution >= 0.6 is 23.4 Å². The van der Waals surface area contributed by atoms with Gasteiger partial charge in [0.2, 0.25) is 21.8 Å². The average molecular weight is 485 g/mol. The molecular formula is C19H21ClN4O5S2. The van der Waals surface area contributed by atoms with Gasteiger partial charge in [0.15, 0.2) is 5.76 Å². The topological polar surface area (TPSA) is 113 Å². The fourth-order valence-corrected chi connectivity index (χ4v) is 6.66. The molecule has 2 aromatic rings. The maximum atomic E-state index is 12.9. The molecule has 12 heteroatoms. The van der Waals surface area contributed by atoms with Crippen LogP contribution in [0.25, 0.3) is 0 Å². The third kappa shape index (κ3) is 4.32. The summed E-state index contributed by atoms with van der Waals surface area (Å²) < 4.78 is 32.2. The Balaban J connectivity index is 1.38. The fourth-order valence-electron chi connectivity index (χ4n) is 3.69. The number of carbonyl (C=O) groups excluding carboxylic acids is 2. The standard InChI is InChI=1S/C19H21ClN4O5S2/c1-11-18(12(2)29-22-11)31(27,28)24-7-5-23(6-8-24)17(25)10-16-19(26)21-14-9-13(20)3-4-15(14)30-16/h3-4,9,16H,5-8,10H2,1-2H3,(H,21,26). The zero-order valence-corrected chi connectivity index (χ0v) is 19.3. The molecule has 0 spiro atoms. The quantitative estimate of drug-likeness (QED) is 0.708. The monoisotopic (exact) mass is 484 g/mol. The minimum Gasteiger partial charge on any atom is -0.360 e. The number of fused-ring (bicyclic) bond motifs is 1. The Bertz CT molecular complexity index is 1120. The summed E-state index contributed by atoms with van der Waals surface area (Å²) in [7, 11) is -3.74. The van der Waals surface area contributed by atoms with Crippen LogP contribution < -0.4 is 5.32 Å². The molecule has 1 aromatic heterocycles. The largest absolute Gasteiger partial charge is 0.360 e. The van der Waals surface area contributed by atoms with E-state index in [2.05, 4.69) is 10.5 Å². The summed E-state index contributed by atoms with van der Waals surface area (Å²) in [5.41, 5.74) is 0.960. The van der Waals surface area contributed by atoms with Crippen LogP contribution in [-0.2, 0) is 19.6 Å². The number of anilines is 1. The first-order valence-corrected chi connectivity index (χ1v) is 12.3. The van der Waals surface area contributed by atoms with E-state index in [1.165, 1.54) is 16.1 Å². The van der Waals surface area contributed by atoms with Crippen molar-refractivity contribution in [3.05, 3.63) is 34.7 Å². The van der Waals surface area contributed by atoms with Crippen LogP contribution in [-0.4, -0.2) is 66.0 Å². The Morgan fingerprint density at radius 1 is 1.29 bits per heavy atom. The second-order valence-corrected chi connectivity index (χ2v) is 10.9. The van der Waals surface area contributed by atoms with Gasteiger partial charge < -0.3 is 14.7 Å². The van der Waals surface area contributed by atoms with E-state index in [1.54, 1.807) is 30.9 Å². The summed E-state index contributed by atoms with van der Waals surface area (Å²) in [4.78, 5) is 27.8. The van der Waals surface area contributed by atoms with Gasteiger partial charge in [-0.3, -0.25) is 9.59 Å². The number of thioether (sulfide) groups is 1. The number of aromatic nitrogens is 1. The number of benzene rings is 1. The first kappa shape index (κ1) is 22.1. The van der Waals surface area contributed by atoms with Crippen LogP contribution in [0, 0.1) is 13.8 Å². The number of rotatable bonds is 4. The molecule has 3 heterocycles. The Morgan fingerprint density at radius 3 is 2.65 bits per heavy atom. The second kappa shape index (κ2) is 8.45. The van der Waals surface area contributed by atoms with E-state index in [9.17, 15) is 18.0 Å². The van der Waals surface area contributed by atoms with Gasteiger partial charge in [0.1, 0.15) is 10.6 Å². The molecule has 1 atom stereocenters. The predicted octanol–water partition coefficient (Wildman–Crippen LogP) is 2.28. The minimum atomic E-state index is -3.74. The van der Waals surface area contributed by atoms with Crippen molar-refractivity contribution in [2.24, 2.45) is 0 Å². The minimum absolute atomic E-state index is 0.0369. The van der Waals surface area contributed by atoms with Gasteiger partial charge in [-0.15, -0.1) is 11.8 Å². The van der Waals surface area contributed by atoms with Crippen molar-refractivity contribution in [2.45, 2.75) is 35.3 Å². The summed E-state index contributed by atoms with van der Waals surface area (Å²) in [5.74, 6) is -0.176. The smallest absolute Gasteiger partial charge is 0.248 e. The van der Waals surface area contributed by atoms with Gasteiger partial charge in [-0.1, -0.05) is 16.8 Å². The predicted molar refractivity (Wildman–Crippen MR) is 116 cm³/mol. The molecule has 0 aliphatic carbocycles. The number of nitrogens with one attached hydrogen (secondary N) is 1. The Hall–Kier alpha value is -2.08. The summed E-state index contributed by atoms with van der Waals surface area (Å²) in [6.45, 7) is 4.00. The molecule has 0 bridgehead atoms. The summed E-state index contributed by atoms with van der Waals surface area (Å²) in [6.07, 6.45) is 0.0369. The van der Waals surface area contributed by atoms with E-state index in [-0.39, 0.29) is 55.1 Å². The molecule has 2 aliphatic heterocycles. The van der Waals surface area contributed by atoms with Gasteiger partial charge in [-0.25, -0.2) is 8.42 Å². The first-order chi connectivity index (χ1) is 14.7. The van der Waals surface area contributed by atoms with E-state index in [0.29, 0.717) is 16.4 Å². The number of piperazine rings is 1. The zero-order valence-electron chi connectivity index (χ0n) is 16.9. The highest BCUT2D eigenvalue weighted by Gasteiger charge is 2.36. The van der Waals surface area contributed by atoms with Crippen molar-refractivity contribution < 1.29 is 22.5 Å². The lowest BCUT2D eigenvalue weighted by Crippen LogP contribution is -2.51. The van der Waals surface area contributed by atoms with Gasteiger partial charge in [0.25, 0.3) is 0 Å². The molecule has 1 unspecified atom stereocenters. The maximum absolute atomic E-state index is 12.9. The van der Waals surface area contributed by atoms with E-state index in [1.807, 2.05) is 6.07 Å². The van der Waals surface area contributed by atoms with Crippen LogP contribution in [0.4, 0.5) is 5.69 Å². The number of hydrogen-bond donors (Lipinski definition) is 1. The van der Waals surface area contributed by atoms with E-state index < -0.39 is 15.3 Å². The molecule has 2 amide bonds. The van der Waals surface area contributed by atoms with Crippen LogP contribution in [0.15, 0.2) is 32.5 Å². The zero-order chi connectivity index (χ0) is 22.3. The van der Waals surface area contributed by atoms with Crippen molar-refractivity contribution >= 4 is 50.9 Å². The average Bonchev–Trinajstić information content (AvgIpc) is 3.07. The van der Waals surface area contributed by atoms with Gasteiger partial charge >= 0.3 is 0 Å². The Labute approximate surface area is 189 Å². The normalized spacial score (nSPS) is 19.8. The number of hydrogen-bond acceptors (Lipinski definition) is 7. The fraction of sp³-hybridized carbons (Fsp3) is 0.421. The summed E-state index contributed by atoms with van der Waals surface area (Å²) in [5, 5.41) is 6.49. The molecule has 1 fully saturated rings. The molecule has 2 aliphatic rings. The van der Waals surface area contributed by atoms with Crippen molar-refractivity contribution in [1.82, 2.24) is 14.4 Å². The molecule has 31 heavy (non-hydrogen) atoms. The lowest BCUT2D eigenvalue weighted by atomic mass is 10.2. The molecule has 4 rings (SSSR count). The highest BCUT2D eigenvalue weighted by molar-refractivity contribution is 8.01. The Kier molecular flexibility index (Phi) is 6.03. The molecule has 1 saturated heterocycles. The number of carbonyl (C=O) groups is 2. The number of sulfonamides is 1. The van der Waals surface area contributed by atoms with Gasteiger partial charge in [0.05, 0.1) is 10.9 Å². The van der Waals surface area contributed by atoms with Gasteiger partial charge in [-0.2, -0.15) is 4.31 Å². The van der Waals surface area contributed by atoms with Gasteiger partial charge in [0, 0.05) is 42.5 Å². The lowest BCUT2D eigenvalue weighted by Gasteiger charge is -2.34. The number of amides is 2. The van der Waals surface area contributed by atoms with Crippen LogP contribution in [0.3, 0.4) is 0 Å². The summed E-state index contributed by atoms with van der Waals surface area (Å²) in [6, 6.07) is 5.23. The lowest BCUT2D eigenvalue weighted by molar-refractivity contribution is -0.133. The SMILES string of the molecule is Cc1noc(C)c1S(=O)(=O)N1CCN(C(=O)CC2Sc3ccc(Cl)cc3NC2=O)CC1. The van der Waals surface area contributed by atoms with Crippen LogP contribution in [0.5, 0.6) is 0 Å². The van der Waals surface area contributed by atoms with Crippen molar-refractivity contribution in [2.75, 3.05) is 31.5 Å². The third-order valence-electron chi connectivity index (χ3n) is 5.28. The molecule has 0 radical (unpaired) electrons. The first-order valence-electron chi connectivity index (χ1n) is 9.64. The highest BCUT2D eigenvalue weighted by atomic mass is 35.5. The number of aryl methyl sites for hydroxylation is 2. The molecule has 166 valence electrons. The molecular weight excluding hydrogens is 464 g/mol. The van der Waals surface area contributed by atoms with Crippen LogP contribution in [0.2, 0.25) is 5.02 Å². The molecule has 1 N–H and O–H groups in total.